The molecule has 0 heterocycles. The van der Waals surface area contributed by atoms with Crippen LogP contribution in [0.3, 0.4) is 0 Å². The molecule has 0 aromatic heterocycles. The molecule has 4 heteroatoms. The number of ether oxygens (including phenoxy) is 1. The summed E-state index contributed by atoms with van der Waals surface area (Å²) < 4.78 is 5.30. The van der Waals surface area contributed by atoms with Crippen LogP contribution in [0.25, 0.3) is 0 Å². The minimum atomic E-state index is -0.301. The summed E-state index contributed by atoms with van der Waals surface area (Å²) in [6.45, 7) is 8.04. The van der Waals surface area contributed by atoms with Crippen molar-refractivity contribution in [2.24, 2.45) is 11.7 Å². The molecule has 1 atom stereocenters. The molecule has 0 aromatic carbocycles. The molecule has 1 unspecified atom stereocenters. The van der Waals surface area contributed by atoms with Crippen molar-refractivity contribution in [2.75, 3.05) is 19.8 Å². The summed E-state index contributed by atoms with van der Waals surface area (Å²) in [5.74, 6) is -0.488. The van der Waals surface area contributed by atoms with E-state index in [9.17, 15) is 4.79 Å². The summed E-state index contributed by atoms with van der Waals surface area (Å²) in [4.78, 5) is 10.6. The predicted molar refractivity (Wildman–Crippen MR) is 56.9 cm³/mol. The number of nitrogens with two attached hydrogens (primary N) is 1. The molecule has 0 aliphatic carbocycles. The molecule has 84 valence electrons. The molecule has 0 radical (unpaired) electrons. The fourth-order valence-corrected chi connectivity index (χ4v) is 0.907. The molecule has 0 aliphatic heterocycles. The highest BCUT2D eigenvalue weighted by Crippen LogP contribution is 1.94. The molecule has 0 rings (SSSR count). The lowest BCUT2D eigenvalue weighted by Gasteiger charge is -2.10. The number of nitrogens with one attached hydrogen (secondary N) is 1. The molecular weight excluding hydrogens is 180 g/mol. The Bertz CT molecular complexity index is 160. The Morgan fingerprint density at radius 1 is 1.43 bits per heavy atom. The molecule has 14 heavy (non-hydrogen) atoms. The largest absolute Gasteiger partial charge is 0.381 e. The summed E-state index contributed by atoms with van der Waals surface area (Å²) in [7, 11) is 0. The second-order valence-corrected chi connectivity index (χ2v) is 3.84. The van der Waals surface area contributed by atoms with Gasteiger partial charge in [0.1, 0.15) is 0 Å². The van der Waals surface area contributed by atoms with Crippen LogP contribution in [0.5, 0.6) is 0 Å². The van der Waals surface area contributed by atoms with Gasteiger partial charge >= 0.3 is 0 Å². The zero-order valence-corrected chi connectivity index (χ0v) is 9.38. The topological polar surface area (TPSA) is 64.3 Å². The standard InChI is InChI=1S/C10H22N2O2/c1-8(2)12-5-4-6-14-7-9(3)10(11)13/h8-9,12H,4-7H2,1-3H3,(H2,11,13). The number of carbonyl (C=O) groups excluding carboxylic acids is 1. The molecule has 0 saturated heterocycles. The highest BCUT2D eigenvalue weighted by atomic mass is 16.5. The first-order valence-electron chi connectivity index (χ1n) is 5.14. The quantitative estimate of drug-likeness (QED) is 0.564. The van der Waals surface area contributed by atoms with Crippen LogP contribution >= 0.6 is 0 Å². The van der Waals surface area contributed by atoms with Gasteiger partial charge < -0.3 is 15.8 Å². The Labute approximate surface area is 86.2 Å². The van der Waals surface area contributed by atoms with Crippen LogP contribution in [0.4, 0.5) is 0 Å². The smallest absolute Gasteiger partial charge is 0.222 e. The molecule has 0 aromatic rings. The van der Waals surface area contributed by atoms with E-state index >= 15 is 0 Å². The minimum Gasteiger partial charge on any atom is -0.381 e. The number of amides is 1. The van der Waals surface area contributed by atoms with Gasteiger partial charge in [0, 0.05) is 12.6 Å². The maximum Gasteiger partial charge on any atom is 0.222 e. The second-order valence-electron chi connectivity index (χ2n) is 3.84. The summed E-state index contributed by atoms with van der Waals surface area (Å²) in [5.41, 5.74) is 5.09. The summed E-state index contributed by atoms with van der Waals surface area (Å²) in [5, 5.41) is 3.28. The Hall–Kier alpha value is -0.610. The van der Waals surface area contributed by atoms with Crippen LogP contribution in [0.15, 0.2) is 0 Å². The third-order valence-electron chi connectivity index (χ3n) is 1.87. The lowest BCUT2D eigenvalue weighted by Crippen LogP contribution is -2.26. The number of hydrogen-bond donors (Lipinski definition) is 2. The Balaban J connectivity index is 3.17. The van der Waals surface area contributed by atoms with Crippen LogP contribution in [0.2, 0.25) is 0 Å². The first kappa shape index (κ1) is 13.4. The van der Waals surface area contributed by atoms with E-state index in [2.05, 4.69) is 19.2 Å². The van der Waals surface area contributed by atoms with E-state index in [-0.39, 0.29) is 11.8 Å². The van der Waals surface area contributed by atoms with Crippen molar-refractivity contribution >= 4 is 5.91 Å². The van der Waals surface area contributed by atoms with Crippen molar-refractivity contribution in [1.82, 2.24) is 5.32 Å². The van der Waals surface area contributed by atoms with E-state index < -0.39 is 0 Å². The normalized spacial score (nSPS) is 13.1. The Kier molecular flexibility index (Phi) is 7.42. The van der Waals surface area contributed by atoms with Crippen molar-refractivity contribution < 1.29 is 9.53 Å². The van der Waals surface area contributed by atoms with Gasteiger partial charge in [-0.15, -0.1) is 0 Å². The summed E-state index contributed by atoms with van der Waals surface area (Å²) in [6, 6.07) is 0.513. The number of rotatable bonds is 8. The van der Waals surface area contributed by atoms with Gasteiger partial charge in [0.25, 0.3) is 0 Å². The summed E-state index contributed by atoms with van der Waals surface area (Å²) >= 11 is 0. The number of primary amides is 1. The third kappa shape index (κ3) is 8.01. The molecule has 0 saturated carbocycles. The maximum atomic E-state index is 10.6. The van der Waals surface area contributed by atoms with Gasteiger partial charge in [-0.25, -0.2) is 0 Å². The number of carbonyl (C=O) groups is 1. The van der Waals surface area contributed by atoms with Crippen LogP contribution in [0, 0.1) is 5.92 Å². The average Bonchev–Trinajstić information content (AvgIpc) is 2.09. The zero-order valence-electron chi connectivity index (χ0n) is 9.38. The Morgan fingerprint density at radius 3 is 2.57 bits per heavy atom. The first-order valence-corrected chi connectivity index (χ1v) is 5.14. The van der Waals surface area contributed by atoms with E-state index in [1.54, 1.807) is 6.92 Å². The Morgan fingerprint density at radius 2 is 2.07 bits per heavy atom. The molecular formula is C10H22N2O2. The van der Waals surface area contributed by atoms with Crippen molar-refractivity contribution in [2.45, 2.75) is 33.2 Å². The minimum absolute atomic E-state index is 0.187. The van der Waals surface area contributed by atoms with E-state index in [4.69, 9.17) is 10.5 Å². The van der Waals surface area contributed by atoms with Gasteiger partial charge in [-0.1, -0.05) is 20.8 Å². The summed E-state index contributed by atoms with van der Waals surface area (Å²) in [6.07, 6.45) is 0.962. The van der Waals surface area contributed by atoms with Gasteiger partial charge in [-0.05, 0) is 13.0 Å². The van der Waals surface area contributed by atoms with Crippen molar-refractivity contribution in [3.8, 4) is 0 Å². The SMILES string of the molecule is CC(C)NCCCOCC(C)C(N)=O. The van der Waals surface area contributed by atoms with Crippen LogP contribution in [-0.4, -0.2) is 31.7 Å². The van der Waals surface area contributed by atoms with Gasteiger partial charge in [0.2, 0.25) is 5.91 Å². The van der Waals surface area contributed by atoms with Gasteiger partial charge in [0.15, 0.2) is 0 Å². The first-order chi connectivity index (χ1) is 6.54. The van der Waals surface area contributed by atoms with E-state index in [0.717, 1.165) is 13.0 Å². The van der Waals surface area contributed by atoms with Crippen LogP contribution in [0.1, 0.15) is 27.2 Å². The maximum absolute atomic E-state index is 10.6. The predicted octanol–water partition coefficient (Wildman–Crippen LogP) is 0.513. The van der Waals surface area contributed by atoms with Crippen molar-refractivity contribution in [3.05, 3.63) is 0 Å². The molecule has 4 nitrogen and oxygen atoms in total. The average molecular weight is 202 g/mol. The molecule has 3 N–H and O–H groups in total. The molecule has 0 aliphatic rings. The monoisotopic (exact) mass is 202 g/mol. The third-order valence-corrected chi connectivity index (χ3v) is 1.87. The fraction of sp³-hybridized carbons (Fsp3) is 0.900. The van der Waals surface area contributed by atoms with Crippen molar-refractivity contribution in [3.63, 3.8) is 0 Å². The molecule has 0 spiro atoms. The molecule has 0 fully saturated rings. The number of hydrogen-bond acceptors (Lipinski definition) is 3. The fourth-order valence-electron chi connectivity index (χ4n) is 0.907. The molecule has 0 bridgehead atoms. The van der Waals surface area contributed by atoms with Gasteiger partial charge in [0.05, 0.1) is 12.5 Å². The van der Waals surface area contributed by atoms with Crippen LogP contribution < -0.4 is 11.1 Å². The van der Waals surface area contributed by atoms with Gasteiger partial charge in [-0.3, -0.25) is 4.79 Å². The van der Waals surface area contributed by atoms with E-state index in [1.165, 1.54) is 0 Å². The van der Waals surface area contributed by atoms with Crippen molar-refractivity contribution in [1.29, 1.82) is 0 Å². The zero-order chi connectivity index (χ0) is 11.0. The molecule has 1 amide bonds. The van der Waals surface area contributed by atoms with Crippen LogP contribution in [-0.2, 0) is 9.53 Å². The highest BCUT2D eigenvalue weighted by molar-refractivity contribution is 5.76. The van der Waals surface area contributed by atoms with E-state index in [0.29, 0.717) is 19.3 Å². The highest BCUT2D eigenvalue weighted by Gasteiger charge is 2.07. The lowest BCUT2D eigenvalue weighted by atomic mass is 10.2. The second kappa shape index (κ2) is 7.76. The van der Waals surface area contributed by atoms with Gasteiger partial charge in [-0.2, -0.15) is 0 Å². The lowest BCUT2D eigenvalue weighted by molar-refractivity contribution is -0.123. The van der Waals surface area contributed by atoms with E-state index in [1.807, 2.05) is 0 Å².